The number of nitrogens with one attached hydrogen (secondary N) is 1. The Morgan fingerprint density at radius 1 is 1.22 bits per heavy atom. The predicted octanol–water partition coefficient (Wildman–Crippen LogP) is 1.04. The number of ether oxygens (including phenoxy) is 2. The summed E-state index contributed by atoms with van der Waals surface area (Å²) in [7, 11) is 1.35. The molecule has 0 bridgehead atoms. The van der Waals surface area contributed by atoms with Crippen molar-refractivity contribution in [2.45, 2.75) is 32.9 Å². The minimum Gasteiger partial charge on any atom is -0.494 e. The summed E-state index contributed by atoms with van der Waals surface area (Å²) < 4.78 is 26.7. The van der Waals surface area contributed by atoms with E-state index >= 15 is 0 Å². The molecule has 11 nitrogen and oxygen atoms in total. The van der Waals surface area contributed by atoms with Crippen LogP contribution in [0.25, 0.3) is 17.3 Å². The normalized spacial score (nSPS) is 14.2. The predicted molar refractivity (Wildman–Crippen MR) is 130 cm³/mol. The Labute approximate surface area is 207 Å². The van der Waals surface area contributed by atoms with Crippen LogP contribution in [-0.4, -0.2) is 81.1 Å². The highest BCUT2D eigenvalue weighted by Gasteiger charge is 2.21. The molecule has 3 heterocycles. The number of halogens is 1. The number of carbonyl (C=O) groups excluding carboxylic acids is 1. The van der Waals surface area contributed by atoms with Crippen LogP contribution in [0.1, 0.15) is 19.4 Å². The third-order valence-corrected chi connectivity index (χ3v) is 5.72. The molecular formula is C24H30FN7O4. The van der Waals surface area contributed by atoms with Crippen molar-refractivity contribution in [3.05, 3.63) is 52.5 Å². The molecule has 2 aromatic heterocycles. The van der Waals surface area contributed by atoms with Crippen molar-refractivity contribution in [1.29, 1.82) is 0 Å². The number of hydrogen-bond donors (Lipinski definition) is 1. The van der Waals surface area contributed by atoms with E-state index in [2.05, 4.69) is 25.3 Å². The first-order chi connectivity index (χ1) is 17.4. The van der Waals surface area contributed by atoms with Crippen LogP contribution in [0, 0.1) is 5.82 Å². The first-order valence-electron chi connectivity index (χ1n) is 11.8. The number of methoxy groups -OCH3 is 1. The van der Waals surface area contributed by atoms with Gasteiger partial charge in [0.2, 0.25) is 5.91 Å². The maximum Gasteiger partial charge on any atom is 0.354 e. The summed E-state index contributed by atoms with van der Waals surface area (Å²) in [4.78, 5) is 36.8. The molecule has 0 saturated carbocycles. The highest BCUT2D eigenvalue weighted by molar-refractivity contribution is 5.76. The number of rotatable bonds is 9. The van der Waals surface area contributed by atoms with Crippen LogP contribution in [0.2, 0.25) is 0 Å². The fraction of sp³-hybridized carbons (Fsp3) is 0.458. The molecule has 1 aromatic carbocycles. The minimum absolute atomic E-state index is 0.00597. The van der Waals surface area contributed by atoms with Gasteiger partial charge in [-0.05, 0) is 44.0 Å². The molecule has 0 spiro atoms. The van der Waals surface area contributed by atoms with Gasteiger partial charge in [-0.1, -0.05) is 0 Å². The van der Waals surface area contributed by atoms with Crippen LogP contribution in [0.3, 0.4) is 0 Å². The van der Waals surface area contributed by atoms with Crippen molar-refractivity contribution < 1.29 is 18.7 Å². The molecule has 192 valence electrons. The fourth-order valence-electron chi connectivity index (χ4n) is 3.89. The van der Waals surface area contributed by atoms with Crippen molar-refractivity contribution in [3.63, 3.8) is 0 Å². The lowest BCUT2D eigenvalue weighted by atomic mass is 10.2. The van der Waals surface area contributed by atoms with Gasteiger partial charge in [-0.3, -0.25) is 14.3 Å². The average molecular weight is 500 g/mol. The van der Waals surface area contributed by atoms with Crippen LogP contribution in [0.4, 0.5) is 4.39 Å². The highest BCUT2D eigenvalue weighted by Crippen LogP contribution is 2.25. The van der Waals surface area contributed by atoms with E-state index < -0.39 is 11.5 Å². The van der Waals surface area contributed by atoms with E-state index in [1.54, 1.807) is 12.4 Å². The molecule has 3 aromatic rings. The molecule has 1 N–H and O–H groups in total. The lowest BCUT2D eigenvalue weighted by molar-refractivity contribution is -0.122. The zero-order chi connectivity index (χ0) is 25.7. The third kappa shape index (κ3) is 5.94. The van der Waals surface area contributed by atoms with Gasteiger partial charge in [0.1, 0.15) is 6.54 Å². The number of aromatic nitrogens is 5. The minimum atomic E-state index is -0.590. The van der Waals surface area contributed by atoms with Crippen molar-refractivity contribution in [1.82, 2.24) is 34.5 Å². The van der Waals surface area contributed by atoms with E-state index in [0.29, 0.717) is 5.56 Å². The standard InChI is InChI=1S/C24H30FN7O4/c1-16(2)28-21(33)15-31-22(18-4-5-19(25)20(12-18)35-3)29-32(24(31)34)23-26-13-17(14-27-23)6-7-30-8-10-36-11-9-30/h4-5,12-14,16H,6-11,15H2,1-3H3,(H,28,33). The lowest BCUT2D eigenvalue weighted by Gasteiger charge is -2.26. The molecule has 0 radical (unpaired) electrons. The SMILES string of the molecule is COc1cc(-c2nn(-c3ncc(CCN4CCOCC4)cn3)c(=O)n2CC(=O)NC(C)C)ccc1F. The number of amides is 1. The molecule has 1 aliphatic heterocycles. The number of morpholine rings is 1. The van der Waals surface area contributed by atoms with E-state index in [-0.39, 0.29) is 36.0 Å². The molecule has 1 fully saturated rings. The second kappa shape index (κ2) is 11.4. The summed E-state index contributed by atoms with van der Waals surface area (Å²) in [5.74, 6) is -0.677. The van der Waals surface area contributed by atoms with Gasteiger partial charge in [-0.15, -0.1) is 9.78 Å². The molecule has 12 heteroatoms. The fourth-order valence-corrected chi connectivity index (χ4v) is 3.89. The molecule has 0 unspecified atom stereocenters. The van der Waals surface area contributed by atoms with E-state index in [9.17, 15) is 14.0 Å². The van der Waals surface area contributed by atoms with E-state index in [0.717, 1.165) is 49.5 Å². The maximum absolute atomic E-state index is 14.0. The molecule has 1 aliphatic rings. The molecular weight excluding hydrogens is 469 g/mol. The van der Waals surface area contributed by atoms with Gasteiger partial charge in [0.05, 0.1) is 20.3 Å². The van der Waals surface area contributed by atoms with Gasteiger partial charge in [-0.25, -0.2) is 19.2 Å². The van der Waals surface area contributed by atoms with E-state index in [1.165, 1.54) is 29.9 Å². The van der Waals surface area contributed by atoms with Crippen LogP contribution in [-0.2, 0) is 22.5 Å². The smallest absolute Gasteiger partial charge is 0.354 e. The molecule has 0 atom stereocenters. The largest absolute Gasteiger partial charge is 0.494 e. The Morgan fingerprint density at radius 3 is 2.61 bits per heavy atom. The Kier molecular flexibility index (Phi) is 8.06. The molecule has 0 aliphatic carbocycles. The van der Waals surface area contributed by atoms with Gasteiger partial charge in [-0.2, -0.15) is 0 Å². The quantitative estimate of drug-likeness (QED) is 0.464. The first-order valence-corrected chi connectivity index (χ1v) is 11.8. The Morgan fingerprint density at radius 2 is 1.94 bits per heavy atom. The molecule has 1 amide bonds. The van der Waals surface area contributed by atoms with Crippen LogP contribution >= 0.6 is 0 Å². The van der Waals surface area contributed by atoms with Gasteiger partial charge in [0.15, 0.2) is 17.4 Å². The zero-order valence-electron chi connectivity index (χ0n) is 20.6. The van der Waals surface area contributed by atoms with Crippen molar-refractivity contribution in [3.8, 4) is 23.1 Å². The van der Waals surface area contributed by atoms with E-state index in [4.69, 9.17) is 9.47 Å². The topological polar surface area (TPSA) is 116 Å². The lowest BCUT2D eigenvalue weighted by Crippen LogP contribution is -2.37. The number of carbonyl (C=O) groups is 1. The Hall–Kier alpha value is -3.64. The van der Waals surface area contributed by atoms with Crippen molar-refractivity contribution in [2.75, 3.05) is 40.0 Å². The molecule has 4 rings (SSSR count). The summed E-state index contributed by atoms with van der Waals surface area (Å²) in [6.07, 6.45) is 4.10. The number of hydrogen-bond acceptors (Lipinski definition) is 8. The van der Waals surface area contributed by atoms with Crippen LogP contribution < -0.4 is 15.7 Å². The summed E-state index contributed by atoms with van der Waals surface area (Å²) in [6, 6.07) is 4.01. The zero-order valence-corrected chi connectivity index (χ0v) is 20.6. The Bertz CT molecular complexity index is 1250. The van der Waals surface area contributed by atoms with Crippen LogP contribution in [0.5, 0.6) is 5.75 Å². The van der Waals surface area contributed by atoms with Crippen molar-refractivity contribution >= 4 is 5.91 Å². The monoisotopic (exact) mass is 499 g/mol. The molecule has 36 heavy (non-hydrogen) atoms. The number of nitrogens with zero attached hydrogens (tertiary/aromatic N) is 6. The van der Waals surface area contributed by atoms with E-state index in [1.807, 2.05) is 13.8 Å². The second-order valence-corrected chi connectivity index (χ2v) is 8.77. The average Bonchev–Trinajstić information content (AvgIpc) is 3.19. The molecule has 1 saturated heterocycles. The first kappa shape index (κ1) is 25.5. The highest BCUT2D eigenvalue weighted by atomic mass is 19.1. The Balaban J connectivity index is 1.63. The van der Waals surface area contributed by atoms with Gasteiger partial charge in [0, 0.05) is 43.6 Å². The number of benzene rings is 1. The second-order valence-electron chi connectivity index (χ2n) is 8.77. The van der Waals surface area contributed by atoms with Crippen molar-refractivity contribution in [2.24, 2.45) is 0 Å². The van der Waals surface area contributed by atoms with Gasteiger partial charge in [0.25, 0.3) is 5.95 Å². The summed E-state index contributed by atoms with van der Waals surface area (Å²) >= 11 is 0. The third-order valence-electron chi connectivity index (χ3n) is 5.72. The summed E-state index contributed by atoms with van der Waals surface area (Å²) in [6.45, 7) is 7.50. The van der Waals surface area contributed by atoms with Gasteiger partial charge < -0.3 is 14.8 Å². The maximum atomic E-state index is 14.0. The summed E-state index contributed by atoms with van der Waals surface area (Å²) in [5.41, 5.74) is 0.745. The summed E-state index contributed by atoms with van der Waals surface area (Å²) in [5, 5.41) is 7.16. The van der Waals surface area contributed by atoms with Gasteiger partial charge >= 0.3 is 5.69 Å². The van der Waals surface area contributed by atoms with Crippen LogP contribution in [0.15, 0.2) is 35.4 Å².